The number of methoxy groups -OCH3 is 2. The molecule has 0 radical (unpaired) electrons. The number of halogens is 2. The van der Waals surface area contributed by atoms with Crippen LogP contribution in [0, 0.1) is 11.6 Å². The second-order valence-electron chi connectivity index (χ2n) is 9.41. The minimum atomic E-state index is -0.637. The molecular formula is C29H26F2N8O4. The van der Waals surface area contributed by atoms with Crippen molar-refractivity contribution in [2.45, 2.75) is 13.0 Å². The molecule has 0 bridgehead atoms. The molecule has 220 valence electrons. The largest absolute Gasteiger partial charge is 0.468 e. The number of carbonyl (C=O) groups is 2. The van der Waals surface area contributed by atoms with Gasteiger partial charge in [-0.15, -0.1) is 0 Å². The van der Waals surface area contributed by atoms with E-state index in [9.17, 15) is 18.4 Å². The Kier molecular flexibility index (Phi) is 8.09. The average molecular weight is 589 g/mol. The highest BCUT2D eigenvalue weighted by molar-refractivity contribution is 5.89. The van der Waals surface area contributed by atoms with E-state index in [-0.39, 0.29) is 48.3 Å². The number of ether oxygens (including phenoxy) is 2. The number of carbonyl (C=O) groups excluding carboxylic acids is 2. The van der Waals surface area contributed by atoms with Gasteiger partial charge in [-0.3, -0.25) is 4.79 Å². The third-order valence-electron chi connectivity index (χ3n) is 6.57. The van der Waals surface area contributed by atoms with E-state index in [0.29, 0.717) is 27.9 Å². The van der Waals surface area contributed by atoms with Gasteiger partial charge >= 0.3 is 11.9 Å². The number of hydrogen-bond acceptors (Lipinski definition) is 11. The number of aromatic nitrogens is 5. The Bertz CT molecular complexity index is 1820. The lowest BCUT2D eigenvalue weighted by Gasteiger charge is -2.26. The van der Waals surface area contributed by atoms with Gasteiger partial charge in [0.2, 0.25) is 0 Å². The molecule has 0 amide bonds. The van der Waals surface area contributed by atoms with Crippen molar-refractivity contribution in [2.75, 3.05) is 37.1 Å². The zero-order valence-corrected chi connectivity index (χ0v) is 23.1. The van der Waals surface area contributed by atoms with E-state index >= 15 is 0 Å². The third-order valence-corrected chi connectivity index (χ3v) is 6.57. The number of rotatable bonds is 9. The van der Waals surface area contributed by atoms with Gasteiger partial charge in [-0.2, -0.15) is 19.7 Å². The molecule has 0 atom stereocenters. The van der Waals surface area contributed by atoms with Crippen LogP contribution in [0.1, 0.15) is 27.2 Å². The number of fused-ring (bicyclic) bond motifs is 1. The van der Waals surface area contributed by atoms with Crippen LogP contribution in [0.3, 0.4) is 0 Å². The molecule has 3 heterocycles. The number of nitrogen functional groups attached to an aromatic ring is 2. The van der Waals surface area contributed by atoms with E-state index in [0.717, 1.165) is 6.20 Å². The lowest BCUT2D eigenvalue weighted by Crippen LogP contribution is -2.32. The van der Waals surface area contributed by atoms with Crippen LogP contribution in [-0.2, 0) is 27.2 Å². The van der Waals surface area contributed by atoms with Crippen molar-refractivity contribution in [3.63, 3.8) is 0 Å². The quantitative estimate of drug-likeness (QED) is 0.243. The normalized spacial score (nSPS) is 11.0. The van der Waals surface area contributed by atoms with E-state index < -0.39 is 23.6 Å². The Labute approximate surface area is 243 Å². The van der Waals surface area contributed by atoms with Crippen molar-refractivity contribution in [3.8, 4) is 5.95 Å². The van der Waals surface area contributed by atoms with Gasteiger partial charge in [-0.1, -0.05) is 30.3 Å². The second kappa shape index (κ2) is 12.1. The van der Waals surface area contributed by atoms with E-state index in [1.165, 1.54) is 35.9 Å². The molecule has 5 aromatic rings. The molecule has 0 aliphatic rings. The molecule has 0 aliphatic heterocycles. The number of benzene rings is 2. The zero-order chi connectivity index (χ0) is 30.7. The van der Waals surface area contributed by atoms with Gasteiger partial charge in [0, 0.05) is 19.0 Å². The summed E-state index contributed by atoms with van der Waals surface area (Å²) in [4.78, 5) is 38.8. The van der Waals surface area contributed by atoms with Gasteiger partial charge in [0.05, 0.1) is 37.2 Å². The van der Waals surface area contributed by atoms with Crippen LogP contribution in [0.4, 0.5) is 26.1 Å². The van der Waals surface area contributed by atoms with Gasteiger partial charge in [0.15, 0.2) is 11.6 Å². The first kappa shape index (κ1) is 28.9. The Morgan fingerprint density at radius 2 is 1.72 bits per heavy atom. The summed E-state index contributed by atoms with van der Waals surface area (Å²) in [5, 5.41) is 4.51. The molecule has 4 N–H and O–H groups in total. The van der Waals surface area contributed by atoms with Gasteiger partial charge in [0.25, 0.3) is 5.95 Å². The first-order valence-corrected chi connectivity index (χ1v) is 12.9. The van der Waals surface area contributed by atoms with Crippen LogP contribution < -0.4 is 16.4 Å². The monoisotopic (exact) mass is 588 g/mol. The maximum absolute atomic E-state index is 14.4. The Balaban J connectivity index is 1.56. The lowest BCUT2D eigenvalue weighted by molar-refractivity contribution is -0.139. The highest BCUT2D eigenvalue weighted by Crippen LogP contribution is 2.31. The Morgan fingerprint density at radius 1 is 0.977 bits per heavy atom. The van der Waals surface area contributed by atoms with Gasteiger partial charge < -0.3 is 25.8 Å². The first-order valence-electron chi connectivity index (χ1n) is 12.9. The Hall–Kier alpha value is -5.66. The van der Waals surface area contributed by atoms with Crippen molar-refractivity contribution < 1.29 is 27.8 Å². The summed E-state index contributed by atoms with van der Waals surface area (Å²) in [6.45, 7) is -0.202. The highest BCUT2D eigenvalue weighted by atomic mass is 19.1. The summed E-state index contributed by atoms with van der Waals surface area (Å²) in [5.41, 5.74) is 15.1. The molecule has 0 spiro atoms. The smallest absolute Gasteiger partial charge is 0.337 e. The van der Waals surface area contributed by atoms with E-state index in [1.807, 2.05) is 0 Å². The predicted molar refractivity (Wildman–Crippen MR) is 153 cm³/mol. The number of nitrogens with zero attached hydrogens (tertiary/aromatic N) is 6. The third kappa shape index (κ3) is 6.02. The van der Waals surface area contributed by atoms with Gasteiger partial charge in [-0.05, 0) is 29.3 Å². The Morgan fingerprint density at radius 3 is 2.42 bits per heavy atom. The van der Waals surface area contributed by atoms with Crippen LogP contribution >= 0.6 is 0 Å². The predicted octanol–water partition coefficient (Wildman–Crippen LogP) is 3.21. The standard InChI is InChI=1S/C29H26F2N8O4/c1-42-23(40)15-38(14-16-6-5-8-18(10-16)28(41)43-2)25-26(32)35-29(36-27(25)33)39-22-12-19(30)13-34-24(22)21(37-39)11-17-7-3-4-9-20(17)31/h3-10,12-13H,11,14-15H2,1-2H3,(H4,32,33,35,36). The molecular weight excluding hydrogens is 562 g/mol. The maximum Gasteiger partial charge on any atom is 0.337 e. The van der Waals surface area contributed by atoms with Crippen LogP contribution in [-0.4, -0.2) is 57.4 Å². The second-order valence-corrected chi connectivity index (χ2v) is 9.41. The number of anilines is 3. The van der Waals surface area contributed by atoms with Crippen molar-refractivity contribution in [3.05, 3.63) is 94.8 Å². The average Bonchev–Trinajstić information content (AvgIpc) is 3.34. The summed E-state index contributed by atoms with van der Waals surface area (Å²) < 4.78 is 39.6. The SMILES string of the molecule is COC(=O)CN(Cc1cccc(C(=O)OC)c1)c1c(N)nc(-n2nc(Cc3ccccc3F)c3ncc(F)cc32)nc1N. The molecule has 0 saturated carbocycles. The van der Waals surface area contributed by atoms with E-state index in [1.54, 1.807) is 42.5 Å². The molecule has 12 nitrogen and oxygen atoms in total. The first-order chi connectivity index (χ1) is 20.7. The van der Waals surface area contributed by atoms with Gasteiger partial charge in [0.1, 0.15) is 29.4 Å². The molecule has 5 rings (SSSR count). The molecule has 2 aromatic carbocycles. The topological polar surface area (TPSA) is 164 Å². The number of esters is 2. The fourth-order valence-corrected chi connectivity index (χ4v) is 4.59. The fraction of sp³-hybridized carbons (Fsp3) is 0.172. The molecule has 0 fully saturated rings. The number of nitrogens with two attached hydrogens (primary N) is 2. The highest BCUT2D eigenvalue weighted by Gasteiger charge is 2.24. The summed E-state index contributed by atoms with van der Waals surface area (Å²) in [7, 11) is 2.51. The van der Waals surface area contributed by atoms with Crippen LogP contribution in [0.5, 0.6) is 0 Å². The zero-order valence-electron chi connectivity index (χ0n) is 23.1. The summed E-state index contributed by atoms with van der Waals surface area (Å²) in [6, 6.07) is 14.0. The molecule has 14 heteroatoms. The van der Waals surface area contributed by atoms with Crippen molar-refractivity contribution in [1.29, 1.82) is 0 Å². The van der Waals surface area contributed by atoms with Crippen LogP contribution in [0.15, 0.2) is 60.8 Å². The van der Waals surface area contributed by atoms with Crippen molar-refractivity contribution in [2.24, 2.45) is 0 Å². The minimum absolute atomic E-state index is 0.0649. The van der Waals surface area contributed by atoms with E-state index in [2.05, 4.69) is 20.1 Å². The fourth-order valence-electron chi connectivity index (χ4n) is 4.59. The number of pyridine rings is 1. The van der Waals surface area contributed by atoms with Crippen molar-refractivity contribution in [1.82, 2.24) is 24.7 Å². The molecule has 43 heavy (non-hydrogen) atoms. The van der Waals surface area contributed by atoms with E-state index in [4.69, 9.17) is 20.9 Å². The number of hydrogen-bond donors (Lipinski definition) is 2. The molecule has 0 unspecified atom stereocenters. The maximum atomic E-state index is 14.4. The molecule has 0 aliphatic carbocycles. The molecule has 0 saturated heterocycles. The van der Waals surface area contributed by atoms with Crippen molar-refractivity contribution >= 4 is 40.3 Å². The summed E-state index contributed by atoms with van der Waals surface area (Å²) >= 11 is 0. The molecule has 3 aromatic heterocycles. The van der Waals surface area contributed by atoms with Crippen LogP contribution in [0.2, 0.25) is 0 Å². The summed E-state index contributed by atoms with van der Waals surface area (Å²) in [6.07, 6.45) is 1.10. The van der Waals surface area contributed by atoms with Gasteiger partial charge in [-0.25, -0.2) is 18.6 Å². The lowest BCUT2D eigenvalue weighted by atomic mass is 10.1. The summed E-state index contributed by atoms with van der Waals surface area (Å²) in [5.74, 6) is -2.50. The van der Waals surface area contributed by atoms with Crippen LogP contribution in [0.25, 0.3) is 17.0 Å². The minimum Gasteiger partial charge on any atom is -0.468 e.